The van der Waals surface area contributed by atoms with E-state index in [0.717, 1.165) is 32.1 Å². The molecule has 0 aliphatic carbocycles. The van der Waals surface area contributed by atoms with Gasteiger partial charge in [0.05, 0.1) is 13.2 Å². The van der Waals surface area contributed by atoms with Gasteiger partial charge in [-0.25, -0.2) is 0 Å². The second kappa shape index (κ2) is 44.3. The third-order valence-corrected chi connectivity index (χ3v) is 12.7. The molecule has 0 aromatic carbocycles. The molecule has 63 heavy (non-hydrogen) atoms. The molecule has 10 nitrogen and oxygen atoms in total. The van der Waals surface area contributed by atoms with Crippen molar-refractivity contribution < 1.29 is 49.0 Å². The highest BCUT2D eigenvalue weighted by atomic mass is 16.7. The number of rotatable bonds is 46. The zero-order valence-electron chi connectivity index (χ0n) is 40.8. The highest BCUT2D eigenvalue weighted by molar-refractivity contribution is 5.70. The number of carbonyl (C=O) groups is 2. The summed E-state index contributed by atoms with van der Waals surface area (Å²) < 4.78 is 22.2. The molecule has 4 N–H and O–H groups in total. The number of hydrogen-bond donors (Lipinski definition) is 4. The molecule has 0 aromatic rings. The molecule has 10 heteroatoms. The van der Waals surface area contributed by atoms with Gasteiger partial charge in [-0.15, -0.1) is 0 Å². The Balaban J connectivity index is 2.22. The molecular weight excluding hydrogens is 797 g/mol. The largest absolute Gasteiger partial charge is 0.462 e. The number of hydrogen-bond acceptors (Lipinski definition) is 10. The van der Waals surface area contributed by atoms with E-state index in [1.807, 2.05) is 6.08 Å². The maximum Gasteiger partial charge on any atom is 0.306 e. The first-order valence-electron chi connectivity index (χ1n) is 26.8. The summed E-state index contributed by atoms with van der Waals surface area (Å²) in [6.45, 7) is 3.44. The van der Waals surface area contributed by atoms with E-state index in [4.69, 9.17) is 18.9 Å². The van der Waals surface area contributed by atoms with Crippen LogP contribution in [-0.2, 0) is 28.5 Å². The molecule has 0 radical (unpaired) electrons. The fourth-order valence-corrected chi connectivity index (χ4v) is 8.44. The Morgan fingerprint density at radius 1 is 0.476 bits per heavy atom. The van der Waals surface area contributed by atoms with Gasteiger partial charge in [-0.1, -0.05) is 231 Å². The highest BCUT2D eigenvalue weighted by Crippen LogP contribution is 2.23. The van der Waals surface area contributed by atoms with E-state index in [9.17, 15) is 30.0 Å². The normalized spacial score (nSPS) is 19.5. The van der Waals surface area contributed by atoms with Crippen LogP contribution in [-0.4, -0.2) is 89.0 Å². The molecule has 1 fully saturated rings. The lowest BCUT2D eigenvalue weighted by molar-refractivity contribution is -0.305. The number of esters is 2. The van der Waals surface area contributed by atoms with E-state index in [1.165, 1.54) is 186 Å². The number of allylic oxidation sites excluding steroid dienone is 2. The fraction of sp³-hybridized carbons (Fsp3) is 0.925. The smallest absolute Gasteiger partial charge is 0.306 e. The molecule has 372 valence electrons. The lowest BCUT2D eigenvalue weighted by atomic mass is 9.99. The number of ether oxygens (including phenoxy) is 4. The van der Waals surface area contributed by atoms with Crippen LogP contribution >= 0.6 is 0 Å². The van der Waals surface area contributed by atoms with Gasteiger partial charge in [0.1, 0.15) is 31.0 Å². The highest BCUT2D eigenvalue weighted by Gasteiger charge is 2.44. The number of aliphatic hydroxyl groups is 4. The maximum atomic E-state index is 12.8. The average molecular weight is 897 g/mol. The van der Waals surface area contributed by atoms with Crippen molar-refractivity contribution in [2.45, 2.75) is 295 Å². The first-order valence-corrected chi connectivity index (χ1v) is 26.8. The summed E-state index contributed by atoms with van der Waals surface area (Å²) >= 11 is 0. The molecule has 1 heterocycles. The zero-order chi connectivity index (χ0) is 45.9. The zero-order valence-corrected chi connectivity index (χ0v) is 40.8. The summed E-state index contributed by atoms with van der Waals surface area (Å²) in [7, 11) is 0. The predicted molar refractivity (Wildman–Crippen MR) is 256 cm³/mol. The molecule has 0 amide bonds. The molecule has 1 saturated heterocycles. The summed E-state index contributed by atoms with van der Waals surface area (Å²) in [6, 6.07) is 0. The number of unbranched alkanes of at least 4 members (excludes halogenated alkanes) is 33. The van der Waals surface area contributed by atoms with Gasteiger partial charge in [0.15, 0.2) is 12.4 Å². The third kappa shape index (κ3) is 35.3. The molecular formula is C53H100O10. The van der Waals surface area contributed by atoms with Crippen molar-refractivity contribution in [3.63, 3.8) is 0 Å². The Kier molecular flexibility index (Phi) is 41.8. The van der Waals surface area contributed by atoms with E-state index < -0.39 is 55.4 Å². The van der Waals surface area contributed by atoms with E-state index in [2.05, 4.69) is 19.9 Å². The summed E-state index contributed by atoms with van der Waals surface area (Å²) in [6.07, 6.45) is 42.4. The van der Waals surface area contributed by atoms with Crippen molar-refractivity contribution in [1.82, 2.24) is 0 Å². The average Bonchev–Trinajstić information content (AvgIpc) is 3.28. The molecule has 0 saturated carbocycles. The number of carbonyl (C=O) groups excluding carboxylic acids is 2. The summed E-state index contributed by atoms with van der Waals surface area (Å²) in [5, 5.41) is 40.2. The van der Waals surface area contributed by atoms with Gasteiger partial charge in [-0.3, -0.25) is 9.59 Å². The van der Waals surface area contributed by atoms with Crippen molar-refractivity contribution in [2.24, 2.45) is 0 Å². The Hall–Kier alpha value is -1.56. The third-order valence-electron chi connectivity index (χ3n) is 12.7. The quantitative estimate of drug-likeness (QED) is 0.0264. The van der Waals surface area contributed by atoms with Crippen molar-refractivity contribution in [1.29, 1.82) is 0 Å². The van der Waals surface area contributed by atoms with Gasteiger partial charge >= 0.3 is 11.9 Å². The summed E-state index contributed by atoms with van der Waals surface area (Å²) in [5.74, 6) is -0.847. The van der Waals surface area contributed by atoms with Crippen molar-refractivity contribution in [3.05, 3.63) is 12.2 Å². The Morgan fingerprint density at radius 2 is 0.873 bits per heavy atom. The molecule has 1 rings (SSSR count). The maximum absolute atomic E-state index is 12.8. The molecule has 0 bridgehead atoms. The minimum atomic E-state index is -1.60. The molecule has 2 unspecified atom stereocenters. The minimum Gasteiger partial charge on any atom is -0.462 e. The van der Waals surface area contributed by atoms with Crippen LogP contribution in [0.25, 0.3) is 0 Å². The van der Waals surface area contributed by atoms with E-state index >= 15 is 0 Å². The standard InChI is InChI=1S/C53H100O10/c1-3-5-7-9-11-13-15-17-19-20-21-22-23-24-25-26-28-30-32-34-36-38-40-42-49(56)62-46(45-61-53-52(59)51(58)50(57)47(43-54)63-53)44-60-48(55)41-39-37-35-33-31-29-27-18-16-14-12-10-8-6-4-2/h35,37,46-47,50-54,57-59H,3-34,36,38-45H2,1-2H3/b37-35+/t46-,47-,50+,51?,52?,53-/m1/s1. The molecule has 0 spiro atoms. The lowest BCUT2D eigenvalue weighted by Crippen LogP contribution is -2.59. The van der Waals surface area contributed by atoms with Gasteiger partial charge in [-0.05, 0) is 25.7 Å². The van der Waals surface area contributed by atoms with Crippen LogP contribution in [0, 0.1) is 0 Å². The fourth-order valence-electron chi connectivity index (χ4n) is 8.44. The van der Waals surface area contributed by atoms with Gasteiger partial charge in [0.25, 0.3) is 0 Å². The predicted octanol–water partition coefficient (Wildman–Crippen LogP) is 12.7. The van der Waals surface area contributed by atoms with Gasteiger partial charge in [0, 0.05) is 12.8 Å². The van der Waals surface area contributed by atoms with Crippen LogP contribution in [0.5, 0.6) is 0 Å². The first kappa shape index (κ1) is 59.5. The number of aliphatic hydroxyl groups excluding tert-OH is 4. The van der Waals surface area contributed by atoms with Crippen LogP contribution in [0.3, 0.4) is 0 Å². The van der Waals surface area contributed by atoms with E-state index in [1.54, 1.807) is 0 Å². The summed E-state index contributed by atoms with van der Waals surface area (Å²) in [4.78, 5) is 25.4. The summed E-state index contributed by atoms with van der Waals surface area (Å²) in [5.41, 5.74) is 0. The van der Waals surface area contributed by atoms with E-state index in [-0.39, 0.29) is 26.1 Å². The molecule has 0 aromatic heterocycles. The molecule has 6 atom stereocenters. The lowest BCUT2D eigenvalue weighted by Gasteiger charge is -2.39. The van der Waals surface area contributed by atoms with Crippen LogP contribution in [0.4, 0.5) is 0 Å². The van der Waals surface area contributed by atoms with Crippen molar-refractivity contribution >= 4 is 11.9 Å². The van der Waals surface area contributed by atoms with Gasteiger partial charge in [0.2, 0.25) is 0 Å². The van der Waals surface area contributed by atoms with Crippen molar-refractivity contribution in [3.8, 4) is 0 Å². The topological polar surface area (TPSA) is 152 Å². The van der Waals surface area contributed by atoms with Crippen molar-refractivity contribution in [2.75, 3.05) is 19.8 Å². The Bertz CT molecular complexity index is 1040. The van der Waals surface area contributed by atoms with Crippen LogP contribution < -0.4 is 0 Å². The monoisotopic (exact) mass is 897 g/mol. The second-order valence-electron chi connectivity index (χ2n) is 18.7. The first-order chi connectivity index (χ1) is 30.8. The second-order valence-corrected chi connectivity index (χ2v) is 18.7. The molecule has 1 aliphatic heterocycles. The van der Waals surface area contributed by atoms with Gasteiger partial charge < -0.3 is 39.4 Å². The SMILES string of the molecule is CCCCCCCCCCCCC/C=C/CCC(=O)OC[C@H](CO[C@@H]1O[C@H](CO)[C@H](O)C(O)C1O)OC(=O)CCCCCCCCCCCCCCCCCCCCCCCCC. The van der Waals surface area contributed by atoms with Crippen LogP contribution in [0.2, 0.25) is 0 Å². The Morgan fingerprint density at radius 3 is 1.30 bits per heavy atom. The van der Waals surface area contributed by atoms with Crippen LogP contribution in [0.15, 0.2) is 12.2 Å². The van der Waals surface area contributed by atoms with Gasteiger partial charge in [-0.2, -0.15) is 0 Å². The molecule has 1 aliphatic rings. The van der Waals surface area contributed by atoms with Crippen LogP contribution in [0.1, 0.15) is 258 Å². The Labute approximate surface area is 386 Å². The van der Waals surface area contributed by atoms with E-state index in [0.29, 0.717) is 12.8 Å². The minimum absolute atomic E-state index is 0.197.